The molecule has 20 heavy (non-hydrogen) atoms. The van der Waals surface area contributed by atoms with Crippen LogP contribution in [0, 0.1) is 5.92 Å². The second kappa shape index (κ2) is 6.59. The first-order valence-corrected chi connectivity index (χ1v) is 8.62. The van der Waals surface area contributed by atoms with Crippen molar-refractivity contribution in [2.45, 2.75) is 25.3 Å². The van der Waals surface area contributed by atoms with Gasteiger partial charge in [-0.3, -0.25) is 4.98 Å². The van der Waals surface area contributed by atoms with Gasteiger partial charge in [-0.05, 0) is 67.5 Å². The lowest BCUT2D eigenvalue weighted by molar-refractivity contribution is 0.384. The van der Waals surface area contributed by atoms with E-state index in [4.69, 9.17) is 0 Å². The number of pyridine rings is 1. The number of hydrogen-bond acceptors (Lipinski definition) is 3. The van der Waals surface area contributed by atoms with Crippen molar-refractivity contribution in [3.63, 3.8) is 0 Å². The Morgan fingerprint density at radius 2 is 2.15 bits per heavy atom. The summed E-state index contributed by atoms with van der Waals surface area (Å²) in [5.74, 6) is 3.55. The van der Waals surface area contributed by atoms with Gasteiger partial charge in [0, 0.05) is 17.6 Å². The minimum absolute atomic E-state index is 0.465. The number of nitrogens with one attached hydrogen (secondary N) is 1. The van der Waals surface area contributed by atoms with Crippen molar-refractivity contribution in [1.29, 1.82) is 0 Å². The van der Waals surface area contributed by atoms with E-state index in [1.165, 1.54) is 41.7 Å². The molecule has 1 aliphatic heterocycles. The Balaban J connectivity index is 1.79. The van der Waals surface area contributed by atoms with Gasteiger partial charge in [0.1, 0.15) is 0 Å². The molecule has 0 amide bonds. The number of benzene rings is 1. The lowest BCUT2D eigenvalue weighted by Crippen LogP contribution is -2.22. The van der Waals surface area contributed by atoms with Gasteiger partial charge in [0.2, 0.25) is 0 Å². The molecule has 0 spiro atoms. The van der Waals surface area contributed by atoms with Crippen molar-refractivity contribution >= 4 is 22.7 Å². The predicted molar refractivity (Wildman–Crippen MR) is 88.2 cm³/mol. The van der Waals surface area contributed by atoms with Crippen LogP contribution in [0.15, 0.2) is 36.5 Å². The zero-order chi connectivity index (χ0) is 13.8. The molecule has 1 fully saturated rings. The van der Waals surface area contributed by atoms with Gasteiger partial charge < -0.3 is 5.32 Å². The van der Waals surface area contributed by atoms with E-state index >= 15 is 0 Å². The maximum atomic E-state index is 4.40. The summed E-state index contributed by atoms with van der Waals surface area (Å²) in [6, 6.07) is 11.3. The first-order chi connectivity index (χ1) is 9.86. The van der Waals surface area contributed by atoms with Crippen LogP contribution < -0.4 is 5.32 Å². The van der Waals surface area contributed by atoms with E-state index in [9.17, 15) is 0 Å². The summed E-state index contributed by atoms with van der Waals surface area (Å²) in [5, 5.41) is 4.74. The molecule has 1 aromatic carbocycles. The Hall–Kier alpha value is -1.06. The van der Waals surface area contributed by atoms with Gasteiger partial charge in [-0.25, -0.2) is 0 Å². The van der Waals surface area contributed by atoms with Crippen LogP contribution in [0.5, 0.6) is 0 Å². The molecule has 1 aromatic heterocycles. The van der Waals surface area contributed by atoms with Crippen molar-refractivity contribution in [3.8, 4) is 0 Å². The molecule has 0 radical (unpaired) electrons. The smallest absolute Gasteiger partial charge is 0.0702 e. The van der Waals surface area contributed by atoms with E-state index in [1.807, 2.05) is 12.3 Å². The van der Waals surface area contributed by atoms with Crippen molar-refractivity contribution in [2.24, 2.45) is 5.92 Å². The van der Waals surface area contributed by atoms with Crippen molar-refractivity contribution in [2.75, 3.05) is 18.6 Å². The van der Waals surface area contributed by atoms with Crippen LogP contribution in [0.1, 0.15) is 30.9 Å². The lowest BCUT2D eigenvalue weighted by atomic mass is 9.90. The van der Waals surface area contributed by atoms with Crippen LogP contribution >= 0.6 is 11.8 Å². The van der Waals surface area contributed by atoms with Crippen LogP contribution in [0.25, 0.3) is 10.9 Å². The summed E-state index contributed by atoms with van der Waals surface area (Å²) < 4.78 is 0. The quantitative estimate of drug-likeness (QED) is 0.918. The Kier molecular flexibility index (Phi) is 4.58. The molecule has 1 aliphatic rings. The molecule has 0 bridgehead atoms. The summed E-state index contributed by atoms with van der Waals surface area (Å²) in [6.45, 7) is 0. The molecule has 0 aliphatic carbocycles. The first-order valence-electron chi connectivity index (χ1n) is 7.46. The number of rotatable bonds is 4. The number of fused-ring (bicyclic) bond motifs is 1. The second-order valence-corrected chi connectivity index (χ2v) is 6.81. The minimum Gasteiger partial charge on any atom is -0.313 e. The highest BCUT2D eigenvalue weighted by atomic mass is 32.2. The lowest BCUT2D eigenvalue weighted by Gasteiger charge is -2.26. The summed E-state index contributed by atoms with van der Waals surface area (Å²) in [5.41, 5.74) is 2.48. The Morgan fingerprint density at radius 1 is 1.30 bits per heavy atom. The fourth-order valence-electron chi connectivity index (χ4n) is 3.05. The minimum atomic E-state index is 0.465. The molecule has 1 saturated heterocycles. The van der Waals surface area contributed by atoms with E-state index in [-0.39, 0.29) is 0 Å². The summed E-state index contributed by atoms with van der Waals surface area (Å²) in [7, 11) is 2.08. The van der Waals surface area contributed by atoms with Crippen LogP contribution in [0.4, 0.5) is 0 Å². The van der Waals surface area contributed by atoms with E-state index in [1.54, 1.807) is 0 Å². The van der Waals surface area contributed by atoms with Crippen LogP contribution in [0.2, 0.25) is 0 Å². The highest BCUT2D eigenvalue weighted by Crippen LogP contribution is 2.31. The van der Waals surface area contributed by atoms with Gasteiger partial charge in [0.15, 0.2) is 0 Å². The molecule has 2 heterocycles. The van der Waals surface area contributed by atoms with Gasteiger partial charge >= 0.3 is 0 Å². The zero-order valence-electron chi connectivity index (χ0n) is 12.0. The number of nitrogens with zero attached hydrogens (tertiary/aromatic N) is 1. The van der Waals surface area contributed by atoms with E-state index in [0.29, 0.717) is 6.04 Å². The molecule has 3 heteroatoms. The molecule has 0 saturated carbocycles. The fourth-order valence-corrected chi connectivity index (χ4v) is 4.25. The van der Waals surface area contributed by atoms with Crippen molar-refractivity contribution in [1.82, 2.24) is 10.3 Å². The molecular weight excluding hydrogens is 264 g/mol. The SMILES string of the molecule is CNC(CC1CCSCC1)c1ccc2ncccc2c1. The van der Waals surface area contributed by atoms with Gasteiger partial charge in [-0.2, -0.15) is 11.8 Å². The van der Waals surface area contributed by atoms with Crippen molar-refractivity contribution in [3.05, 3.63) is 42.1 Å². The molecule has 1 atom stereocenters. The third kappa shape index (κ3) is 3.15. The van der Waals surface area contributed by atoms with E-state index < -0.39 is 0 Å². The summed E-state index contributed by atoms with van der Waals surface area (Å²) in [4.78, 5) is 4.40. The molecule has 106 valence electrons. The van der Waals surface area contributed by atoms with Crippen molar-refractivity contribution < 1.29 is 0 Å². The average Bonchev–Trinajstić information content (AvgIpc) is 2.53. The molecular formula is C17H22N2S. The third-order valence-corrected chi connectivity index (χ3v) is 5.34. The molecule has 2 nitrogen and oxygen atoms in total. The van der Waals surface area contributed by atoms with Crippen LogP contribution in [0.3, 0.4) is 0 Å². The predicted octanol–water partition coefficient (Wildman–Crippen LogP) is 4.03. The summed E-state index contributed by atoms with van der Waals surface area (Å²) >= 11 is 2.10. The van der Waals surface area contributed by atoms with Crippen LogP contribution in [-0.4, -0.2) is 23.5 Å². The fraction of sp³-hybridized carbons (Fsp3) is 0.471. The highest BCUT2D eigenvalue weighted by molar-refractivity contribution is 7.99. The number of thioether (sulfide) groups is 1. The maximum absolute atomic E-state index is 4.40. The monoisotopic (exact) mass is 286 g/mol. The van der Waals surface area contributed by atoms with Gasteiger partial charge in [0.25, 0.3) is 0 Å². The first kappa shape index (κ1) is 13.9. The van der Waals surface area contributed by atoms with Gasteiger partial charge in [0.05, 0.1) is 5.52 Å². The topological polar surface area (TPSA) is 24.9 Å². The van der Waals surface area contributed by atoms with Gasteiger partial charge in [-0.15, -0.1) is 0 Å². The second-order valence-electron chi connectivity index (χ2n) is 5.59. The van der Waals surface area contributed by atoms with E-state index in [0.717, 1.165) is 11.4 Å². The highest BCUT2D eigenvalue weighted by Gasteiger charge is 2.19. The molecule has 1 N–H and O–H groups in total. The standard InChI is InChI=1S/C17H22N2S/c1-18-17(11-13-6-9-20-10-7-13)15-4-5-16-14(12-15)3-2-8-19-16/h2-5,8,12-13,17-18H,6-7,9-11H2,1H3. The normalized spacial score (nSPS) is 18.2. The zero-order valence-corrected chi connectivity index (χ0v) is 12.8. The Bertz CT molecular complexity index is 564. The molecule has 3 rings (SSSR count). The van der Waals surface area contributed by atoms with Gasteiger partial charge in [-0.1, -0.05) is 12.1 Å². The Morgan fingerprint density at radius 3 is 2.95 bits per heavy atom. The number of hydrogen-bond donors (Lipinski definition) is 1. The average molecular weight is 286 g/mol. The third-order valence-electron chi connectivity index (χ3n) is 4.29. The van der Waals surface area contributed by atoms with E-state index in [2.05, 4.69) is 53.4 Å². The van der Waals surface area contributed by atoms with Crippen LogP contribution in [-0.2, 0) is 0 Å². The molecule has 1 unspecified atom stereocenters. The largest absolute Gasteiger partial charge is 0.313 e. The number of aromatic nitrogens is 1. The summed E-state index contributed by atoms with van der Waals surface area (Å²) in [6.07, 6.45) is 5.86. The maximum Gasteiger partial charge on any atom is 0.0702 e. The Labute approximate surface area is 125 Å². The molecule has 2 aromatic rings.